The van der Waals surface area contributed by atoms with E-state index in [-0.39, 0.29) is 0 Å². The van der Waals surface area contributed by atoms with Crippen molar-refractivity contribution in [1.82, 2.24) is 29.1 Å². The molecule has 3 aromatic carbocycles. The van der Waals surface area contributed by atoms with E-state index in [0.717, 1.165) is 78.0 Å². The van der Waals surface area contributed by atoms with Crippen LogP contribution in [0.3, 0.4) is 0 Å². The monoisotopic (exact) mass is 564 g/mol. The first-order chi connectivity index (χ1) is 21.8. The van der Waals surface area contributed by atoms with Gasteiger partial charge in [0.25, 0.3) is 0 Å². The number of hydrogen-bond acceptors (Lipinski definition) is 4. The predicted octanol–water partition coefficient (Wildman–Crippen LogP) is 8.79. The highest BCUT2D eigenvalue weighted by Gasteiger charge is 2.20. The minimum absolute atomic E-state index is 0.774. The Hall–Kier alpha value is -6.14. The van der Waals surface area contributed by atoms with Crippen molar-refractivity contribution in [3.8, 4) is 34.2 Å². The van der Waals surface area contributed by atoms with Gasteiger partial charge in [0.15, 0.2) is 0 Å². The summed E-state index contributed by atoms with van der Waals surface area (Å²) in [7, 11) is 0. The van der Waals surface area contributed by atoms with Crippen molar-refractivity contribution < 1.29 is 0 Å². The summed E-state index contributed by atoms with van der Waals surface area (Å²) in [5, 5.41) is 3.34. The van der Waals surface area contributed by atoms with Crippen molar-refractivity contribution in [2.24, 2.45) is 0 Å². The Balaban J connectivity index is 1.40. The van der Waals surface area contributed by atoms with E-state index >= 15 is 0 Å². The molecule has 0 unspecified atom stereocenters. The van der Waals surface area contributed by atoms with Gasteiger partial charge >= 0.3 is 0 Å². The van der Waals surface area contributed by atoms with Crippen LogP contribution in [-0.2, 0) is 0 Å². The normalized spacial score (nSPS) is 11.6. The lowest BCUT2D eigenvalue weighted by Gasteiger charge is -2.12. The van der Waals surface area contributed by atoms with Gasteiger partial charge in [0, 0.05) is 34.2 Å². The number of nitrogens with zero attached hydrogens (tertiary/aromatic N) is 6. The Morgan fingerprint density at radius 3 is 1.64 bits per heavy atom. The quantitative estimate of drug-likeness (QED) is 0.214. The second kappa shape index (κ2) is 9.71. The van der Waals surface area contributed by atoms with Gasteiger partial charge in [0.05, 0.1) is 50.5 Å². The molecule has 6 heteroatoms. The summed E-state index contributed by atoms with van der Waals surface area (Å²) in [6, 6.07) is 45.8. The lowest BCUT2D eigenvalue weighted by molar-refractivity contribution is 1.12. The molecule has 0 radical (unpaired) electrons. The second-order valence-corrected chi connectivity index (χ2v) is 10.8. The number of benzene rings is 3. The molecule has 0 spiro atoms. The minimum Gasteiger partial charge on any atom is -0.308 e. The van der Waals surface area contributed by atoms with Gasteiger partial charge in [-0.15, -0.1) is 0 Å². The molecule has 0 saturated carbocycles. The first kappa shape index (κ1) is 24.5. The zero-order chi connectivity index (χ0) is 29.0. The maximum atomic E-state index is 5.46. The molecule has 0 bridgehead atoms. The van der Waals surface area contributed by atoms with Crippen LogP contribution in [-0.4, -0.2) is 29.1 Å². The SMILES string of the molecule is c1ccc(-n2c3ccccc3c3nc4c(cc32)c2ccccc2n4-c2cc(-c3ccccn3)nc(-c3ccccn3)c2)cc1. The molecule has 6 aromatic heterocycles. The van der Waals surface area contributed by atoms with Gasteiger partial charge in [-0.3, -0.25) is 14.5 Å². The van der Waals surface area contributed by atoms with Crippen molar-refractivity contribution >= 4 is 43.9 Å². The molecule has 0 aliphatic rings. The standard InChI is InChI=1S/C38H24N6/c1-2-12-25(13-3-1)43-35-19-7-5-15-28(35)37-36(43)24-29-27-14-4-6-18-34(27)44(38(29)42-37)26-22-32(30-16-8-10-20-39-30)41-33(23-26)31-17-9-11-21-40-31/h1-24H. The predicted molar refractivity (Wildman–Crippen MR) is 177 cm³/mol. The third kappa shape index (κ3) is 3.75. The summed E-state index contributed by atoms with van der Waals surface area (Å²) in [6.07, 6.45) is 3.59. The van der Waals surface area contributed by atoms with E-state index in [1.54, 1.807) is 12.4 Å². The third-order valence-electron chi connectivity index (χ3n) is 8.21. The molecular weight excluding hydrogens is 540 g/mol. The lowest BCUT2D eigenvalue weighted by Crippen LogP contribution is -2.00. The van der Waals surface area contributed by atoms with E-state index in [0.29, 0.717) is 0 Å². The highest BCUT2D eigenvalue weighted by atomic mass is 15.1. The number of aromatic nitrogens is 6. The molecule has 0 saturated heterocycles. The van der Waals surface area contributed by atoms with Gasteiger partial charge in [-0.2, -0.15) is 0 Å². The van der Waals surface area contributed by atoms with Gasteiger partial charge < -0.3 is 4.57 Å². The Kier molecular flexibility index (Phi) is 5.40. The van der Waals surface area contributed by atoms with Crippen molar-refractivity contribution in [1.29, 1.82) is 0 Å². The molecule has 0 amide bonds. The van der Waals surface area contributed by atoms with Crippen LogP contribution >= 0.6 is 0 Å². The lowest BCUT2D eigenvalue weighted by atomic mass is 10.1. The van der Waals surface area contributed by atoms with Crippen molar-refractivity contribution in [2.45, 2.75) is 0 Å². The zero-order valence-electron chi connectivity index (χ0n) is 23.5. The first-order valence-electron chi connectivity index (χ1n) is 14.6. The van der Waals surface area contributed by atoms with Gasteiger partial charge in [0.1, 0.15) is 5.65 Å². The van der Waals surface area contributed by atoms with E-state index in [2.05, 4.69) is 116 Å². The van der Waals surface area contributed by atoms with Crippen LogP contribution in [0.4, 0.5) is 0 Å². The molecule has 206 valence electrons. The summed E-state index contributed by atoms with van der Waals surface area (Å²) in [5.41, 5.74) is 10.3. The zero-order valence-corrected chi connectivity index (χ0v) is 23.5. The summed E-state index contributed by atoms with van der Waals surface area (Å²) in [4.78, 5) is 19.7. The number of para-hydroxylation sites is 3. The summed E-state index contributed by atoms with van der Waals surface area (Å²) in [5.74, 6) is 0. The molecule has 9 aromatic rings. The molecule has 0 aliphatic carbocycles. The summed E-state index contributed by atoms with van der Waals surface area (Å²) in [6.45, 7) is 0. The molecule has 0 atom stereocenters. The highest BCUT2D eigenvalue weighted by Crippen LogP contribution is 2.38. The number of hydrogen-bond donors (Lipinski definition) is 0. The van der Waals surface area contributed by atoms with Crippen LogP contribution in [0.2, 0.25) is 0 Å². The fourth-order valence-electron chi connectivity index (χ4n) is 6.29. The molecule has 0 aliphatic heterocycles. The fourth-order valence-corrected chi connectivity index (χ4v) is 6.29. The molecule has 0 fully saturated rings. The maximum absolute atomic E-state index is 5.46. The molecule has 9 rings (SSSR count). The molecule has 6 nitrogen and oxygen atoms in total. The van der Waals surface area contributed by atoms with Crippen molar-refractivity contribution in [2.75, 3.05) is 0 Å². The summed E-state index contributed by atoms with van der Waals surface area (Å²) < 4.78 is 4.56. The van der Waals surface area contributed by atoms with E-state index < -0.39 is 0 Å². The van der Waals surface area contributed by atoms with Crippen LogP contribution in [0.1, 0.15) is 0 Å². The second-order valence-electron chi connectivity index (χ2n) is 10.8. The van der Waals surface area contributed by atoms with Gasteiger partial charge in [0.2, 0.25) is 0 Å². The number of rotatable bonds is 4. The smallest absolute Gasteiger partial charge is 0.146 e. The van der Waals surface area contributed by atoms with Crippen LogP contribution in [0.15, 0.2) is 146 Å². The van der Waals surface area contributed by atoms with Gasteiger partial charge in [-0.05, 0) is 66.7 Å². The Morgan fingerprint density at radius 1 is 0.386 bits per heavy atom. The van der Waals surface area contributed by atoms with Crippen LogP contribution in [0.5, 0.6) is 0 Å². The van der Waals surface area contributed by atoms with Gasteiger partial charge in [-0.1, -0.05) is 66.7 Å². The van der Waals surface area contributed by atoms with Crippen LogP contribution in [0, 0.1) is 0 Å². The third-order valence-corrected chi connectivity index (χ3v) is 8.21. The van der Waals surface area contributed by atoms with Crippen molar-refractivity contribution in [3.05, 3.63) is 146 Å². The number of pyridine rings is 4. The highest BCUT2D eigenvalue weighted by molar-refractivity contribution is 6.15. The van der Waals surface area contributed by atoms with Crippen LogP contribution < -0.4 is 0 Å². The van der Waals surface area contributed by atoms with E-state index in [1.807, 2.05) is 36.4 Å². The van der Waals surface area contributed by atoms with E-state index in [9.17, 15) is 0 Å². The minimum atomic E-state index is 0.774. The Morgan fingerprint density at radius 2 is 0.977 bits per heavy atom. The fraction of sp³-hybridized carbons (Fsp3) is 0. The molecule has 44 heavy (non-hydrogen) atoms. The van der Waals surface area contributed by atoms with E-state index in [4.69, 9.17) is 9.97 Å². The first-order valence-corrected chi connectivity index (χ1v) is 14.6. The summed E-state index contributed by atoms with van der Waals surface area (Å²) >= 11 is 0. The Labute approximate surface area is 252 Å². The maximum Gasteiger partial charge on any atom is 0.146 e. The average molecular weight is 565 g/mol. The average Bonchev–Trinajstić information content (AvgIpc) is 3.60. The Bertz CT molecular complexity index is 2420. The largest absolute Gasteiger partial charge is 0.308 e. The van der Waals surface area contributed by atoms with E-state index in [1.165, 1.54) is 0 Å². The molecule has 6 heterocycles. The van der Waals surface area contributed by atoms with Crippen LogP contribution in [0.25, 0.3) is 78.0 Å². The topological polar surface area (TPSA) is 61.4 Å². The van der Waals surface area contributed by atoms with Gasteiger partial charge in [-0.25, -0.2) is 9.97 Å². The number of fused-ring (bicyclic) bond motifs is 6. The molecule has 0 N–H and O–H groups in total. The molecular formula is C38H24N6. The van der Waals surface area contributed by atoms with Crippen molar-refractivity contribution in [3.63, 3.8) is 0 Å².